The van der Waals surface area contributed by atoms with Crippen LogP contribution in [0.25, 0.3) is 6.08 Å². The first-order valence-electron chi connectivity index (χ1n) is 9.87. The standard InChI is InChI=1S/C24H16BrIN2O6/c1-32-21-12-14(10-18(25)22(21)33-13-16-4-2-3-5-19(16)26)11-20-24(29)34-23(27-20)15-6-8-17(9-7-15)28(30)31/h2-12H,13H2,1H3/b20-11-. The Bertz CT molecular complexity index is 1340. The summed E-state index contributed by atoms with van der Waals surface area (Å²) in [5.41, 5.74) is 2.18. The van der Waals surface area contributed by atoms with Crippen molar-refractivity contribution in [1.29, 1.82) is 0 Å². The Balaban J connectivity index is 1.58. The Kier molecular flexibility index (Phi) is 7.27. The topological polar surface area (TPSA) is 100 Å². The largest absolute Gasteiger partial charge is 0.493 e. The number of ether oxygens (including phenoxy) is 3. The van der Waals surface area contributed by atoms with Crippen molar-refractivity contribution in [1.82, 2.24) is 0 Å². The molecule has 1 aliphatic rings. The highest BCUT2D eigenvalue weighted by Gasteiger charge is 2.25. The van der Waals surface area contributed by atoms with Gasteiger partial charge < -0.3 is 14.2 Å². The molecule has 0 amide bonds. The smallest absolute Gasteiger partial charge is 0.363 e. The van der Waals surface area contributed by atoms with Gasteiger partial charge in [-0.2, -0.15) is 0 Å². The number of esters is 1. The zero-order valence-electron chi connectivity index (χ0n) is 17.7. The molecule has 0 atom stereocenters. The molecular formula is C24H16BrIN2O6. The van der Waals surface area contributed by atoms with E-state index in [1.54, 1.807) is 18.2 Å². The number of nitro groups is 1. The molecule has 0 fully saturated rings. The van der Waals surface area contributed by atoms with Crippen LogP contribution in [-0.4, -0.2) is 23.9 Å². The number of methoxy groups -OCH3 is 1. The van der Waals surface area contributed by atoms with E-state index in [1.807, 2.05) is 24.3 Å². The molecule has 1 heterocycles. The Morgan fingerprint density at radius 2 is 1.91 bits per heavy atom. The van der Waals surface area contributed by atoms with Gasteiger partial charge in [0.15, 0.2) is 17.2 Å². The summed E-state index contributed by atoms with van der Waals surface area (Å²) in [7, 11) is 1.53. The molecule has 0 radical (unpaired) electrons. The van der Waals surface area contributed by atoms with Crippen molar-refractivity contribution >= 4 is 62.2 Å². The number of hydrogen-bond acceptors (Lipinski definition) is 7. The molecule has 34 heavy (non-hydrogen) atoms. The van der Waals surface area contributed by atoms with Gasteiger partial charge in [-0.25, -0.2) is 9.79 Å². The molecule has 0 saturated heterocycles. The Morgan fingerprint density at radius 1 is 1.18 bits per heavy atom. The predicted molar refractivity (Wildman–Crippen MR) is 138 cm³/mol. The first-order valence-corrected chi connectivity index (χ1v) is 11.7. The van der Waals surface area contributed by atoms with Gasteiger partial charge in [0.2, 0.25) is 5.90 Å². The van der Waals surface area contributed by atoms with Crippen LogP contribution in [0.15, 0.2) is 75.8 Å². The molecule has 172 valence electrons. The first kappa shape index (κ1) is 23.9. The molecule has 0 spiro atoms. The molecule has 1 aliphatic heterocycles. The minimum Gasteiger partial charge on any atom is -0.493 e. The molecule has 0 aliphatic carbocycles. The number of halogens is 2. The lowest BCUT2D eigenvalue weighted by molar-refractivity contribution is -0.384. The number of nitrogens with zero attached hydrogens (tertiary/aromatic N) is 2. The number of hydrogen-bond donors (Lipinski definition) is 0. The fourth-order valence-electron chi connectivity index (χ4n) is 3.14. The van der Waals surface area contributed by atoms with Gasteiger partial charge in [-0.15, -0.1) is 0 Å². The van der Waals surface area contributed by atoms with Crippen LogP contribution in [0.1, 0.15) is 16.7 Å². The van der Waals surface area contributed by atoms with Crippen LogP contribution >= 0.6 is 38.5 Å². The van der Waals surface area contributed by atoms with Crippen LogP contribution in [0.5, 0.6) is 11.5 Å². The van der Waals surface area contributed by atoms with Gasteiger partial charge in [0, 0.05) is 26.8 Å². The minimum absolute atomic E-state index is 0.0642. The van der Waals surface area contributed by atoms with Gasteiger partial charge in [-0.1, -0.05) is 18.2 Å². The van der Waals surface area contributed by atoms with E-state index in [9.17, 15) is 14.9 Å². The third kappa shape index (κ3) is 5.28. The monoisotopic (exact) mass is 634 g/mol. The van der Waals surface area contributed by atoms with Crippen molar-refractivity contribution in [3.8, 4) is 11.5 Å². The van der Waals surface area contributed by atoms with E-state index in [2.05, 4.69) is 43.5 Å². The molecule has 0 N–H and O–H groups in total. The number of nitro benzene ring substituents is 1. The van der Waals surface area contributed by atoms with Crippen molar-refractivity contribution in [3.63, 3.8) is 0 Å². The van der Waals surface area contributed by atoms with E-state index in [4.69, 9.17) is 14.2 Å². The summed E-state index contributed by atoms with van der Waals surface area (Å²) < 4.78 is 18.5. The summed E-state index contributed by atoms with van der Waals surface area (Å²) in [6, 6.07) is 17.0. The molecule has 3 aromatic rings. The molecule has 0 bridgehead atoms. The molecule has 3 aromatic carbocycles. The van der Waals surface area contributed by atoms with Crippen molar-refractivity contribution in [2.75, 3.05) is 7.11 Å². The summed E-state index contributed by atoms with van der Waals surface area (Å²) in [6.07, 6.45) is 1.57. The number of non-ortho nitro benzene ring substituents is 1. The summed E-state index contributed by atoms with van der Waals surface area (Å²) in [4.78, 5) is 26.9. The number of carbonyl (C=O) groups is 1. The molecular weight excluding hydrogens is 619 g/mol. The number of carbonyl (C=O) groups excluding carboxylic acids is 1. The average Bonchev–Trinajstić information content (AvgIpc) is 3.19. The third-order valence-corrected chi connectivity index (χ3v) is 6.47. The highest BCUT2D eigenvalue weighted by Crippen LogP contribution is 2.38. The van der Waals surface area contributed by atoms with Gasteiger partial charge in [-0.05, 0) is 80.5 Å². The summed E-state index contributed by atoms with van der Waals surface area (Å²) in [6.45, 7) is 0.365. The second kappa shape index (κ2) is 10.3. The predicted octanol–water partition coefficient (Wildman–Crippen LogP) is 5.89. The van der Waals surface area contributed by atoms with E-state index in [-0.39, 0.29) is 17.3 Å². The highest BCUT2D eigenvalue weighted by atomic mass is 127. The van der Waals surface area contributed by atoms with Crippen LogP contribution in [-0.2, 0) is 16.1 Å². The zero-order valence-corrected chi connectivity index (χ0v) is 21.4. The van der Waals surface area contributed by atoms with Crippen LogP contribution in [0.2, 0.25) is 0 Å². The van der Waals surface area contributed by atoms with E-state index in [1.165, 1.54) is 31.4 Å². The SMILES string of the molecule is COc1cc(/C=C2\N=C(c3ccc([N+](=O)[O-])cc3)OC2=O)cc(Br)c1OCc1ccccc1I. The maximum Gasteiger partial charge on any atom is 0.363 e. The minimum atomic E-state index is -0.623. The fourth-order valence-corrected chi connectivity index (χ4v) is 4.26. The van der Waals surface area contributed by atoms with Crippen LogP contribution in [0, 0.1) is 13.7 Å². The lowest BCUT2D eigenvalue weighted by atomic mass is 10.1. The molecule has 0 saturated carbocycles. The van der Waals surface area contributed by atoms with Gasteiger partial charge in [0.05, 0.1) is 16.5 Å². The lowest BCUT2D eigenvalue weighted by Gasteiger charge is -2.14. The highest BCUT2D eigenvalue weighted by molar-refractivity contribution is 14.1. The van der Waals surface area contributed by atoms with Crippen molar-refractivity contribution in [2.45, 2.75) is 6.61 Å². The average molecular weight is 635 g/mol. The van der Waals surface area contributed by atoms with E-state index in [0.29, 0.717) is 33.7 Å². The molecule has 0 unspecified atom stereocenters. The normalized spacial score (nSPS) is 14.0. The summed E-state index contributed by atoms with van der Waals surface area (Å²) >= 11 is 5.78. The lowest BCUT2D eigenvalue weighted by Crippen LogP contribution is -2.05. The maximum atomic E-state index is 12.4. The van der Waals surface area contributed by atoms with Gasteiger partial charge in [0.25, 0.3) is 5.69 Å². The number of rotatable bonds is 7. The van der Waals surface area contributed by atoms with Crippen LogP contribution in [0.3, 0.4) is 0 Å². The van der Waals surface area contributed by atoms with Gasteiger partial charge >= 0.3 is 5.97 Å². The first-order chi connectivity index (χ1) is 16.4. The van der Waals surface area contributed by atoms with E-state index in [0.717, 1.165) is 9.13 Å². The summed E-state index contributed by atoms with van der Waals surface area (Å²) in [5.74, 6) is 0.475. The Morgan fingerprint density at radius 3 is 2.59 bits per heavy atom. The molecule has 4 rings (SSSR count). The van der Waals surface area contributed by atoms with Crippen molar-refractivity contribution in [3.05, 3.63) is 101 Å². The second-order valence-corrected chi connectivity index (χ2v) is 9.07. The number of benzene rings is 3. The maximum absolute atomic E-state index is 12.4. The number of aliphatic imine (C=N–C) groups is 1. The van der Waals surface area contributed by atoms with Crippen LogP contribution < -0.4 is 9.47 Å². The summed E-state index contributed by atoms with van der Waals surface area (Å²) in [5, 5.41) is 10.8. The van der Waals surface area contributed by atoms with Crippen molar-refractivity contribution < 1.29 is 23.9 Å². The Labute approximate surface area is 216 Å². The second-order valence-electron chi connectivity index (χ2n) is 7.05. The van der Waals surface area contributed by atoms with Crippen molar-refractivity contribution in [2.24, 2.45) is 4.99 Å². The molecule has 8 nitrogen and oxygen atoms in total. The van der Waals surface area contributed by atoms with E-state index < -0.39 is 10.9 Å². The van der Waals surface area contributed by atoms with Gasteiger partial charge in [0.1, 0.15) is 6.61 Å². The Hall–Kier alpha value is -3.25. The fraction of sp³-hybridized carbons (Fsp3) is 0.0833. The molecule has 10 heteroatoms. The number of cyclic esters (lactones) is 1. The third-order valence-electron chi connectivity index (χ3n) is 4.83. The van der Waals surface area contributed by atoms with Crippen LogP contribution in [0.4, 0.5) is 5.69 Å². The van der Waals surface area contributed by atoms with E-state index >= 15 is 0 Å². The van der Waals surface area contributed by atoms with Gasteiger partial charge in [-0.3, -0.25) is 10.1 Å². The quantitative estimate of drug-likeness (QED) is 0.106. The molecule has 0 aromatic heterocycles. The zero-order chi connectivity index (χ0) is 24.2.